The van der Waals surface area contributed by atoms with Gasteiger partial charge in [-0.25, -0.2) is 27.9 Å². The van der Waals surface area contributed by atoms with Crippen LogP contribution >= 0.6 is 0 Å². The van der Waals surface area contributed by atoms with Gasteiger partial charge in [-0.2, -0.15) is 0 Å². The molecule has 1 aliphatic carbocycles. The van der Waals surface area contributed by atoms with Crippen LogP contribution in [0.1, 0.15) is 51.6 Å². The van der Waals surface area contributed by atoms with Crippen molar-refractivity contribution in [1.82, 2.24) is 18.7 Å². The summed E-state index contributed by atoms with van der Waals surface area (Å²) >= 11 is 0. The van der Waals surface area contributed by atoms with Crippen LogP contribution in [0.2, 0.25) is 0 Å². The first-order valence-corrected chi connectivity index (χ1v) is 10.2. The van der Waals surface area contributed by atoms with Gasteiger partial charge in [-0.15, -0.1) is 0 Å². The lowest BCUT2D eigenvalue weighted by atomic mass is 10.2. The molecular formula is C21H22F2N4O4. The Morgan fingerprint density at radius 1 is 1.26 bits per heavy atom. The highest BCUT2D eigenvalue weighted by Crippen LogP contribution is 2.28. The number of aromatic nitrogens is 4. The summed E-state index contributed by atoms with van der Waals surface area (Å²) in [4.78, 5) is 43.2. The van der Waals surface area contributed by atoms with Crippen molar-refractivity contribution in [3.8, 4) is 5.69 Å². The van der Waals surface area contributed by atoms with Gasteiger partial charge in [0.25, 0.3) is 5.56 Å². The number of benzene rings is 1. The van der Waals surface area contributed by atoms with Gasteiger partial charge >= 0.3 is 11.7 Å². The molecule has 1 fully saturated rings. The lowest BCUT2D eigenvalue weighted by Crippen LogP contribution is -2.42. The first-order chi connectivity index (χ1) is 14.8. The van der Waals surface area contributed by atoms with Gasteiger partial charge in [0, 0.05) is 12.1 Å². The molecule has 0 aliphatic heterocycles. The molecule has 4 rings (SSSR count). The van der Waals surface area contributed by atoms with Crippen LogP contribution in [0.3, 0.4) is 0 Å². The molecule has 0 saturated heterocycles. The van der Waals surface area contributed by atoms with Crippen LogP contribution < -0.4 is 11.2 Å². The number of carbonyl (C=O) groups is 1. The van der Waals surface area contributed by atoms with Crippen LogP contribution in [0.25, 0.3) is 16.9 Å². The second-order valence-electron chi connectivity index (χ2n) is 7.58. The van der Waals surface area contributed by atoms with Gasteiger partial charge in [-0.1, -0.05) is 12.8 Å². The van der Waals surface area contributed by atoms with Crippen LogP contribution in [0.4, 0.5) is 8.78 Å². The topological polar surface area (TPSA) is 88.1 Å². The van der Waals surface area contributed by atoms with Gasteiger partial charge in [0.05, 0.1) is 18.6 Å². The smallest absolute Gasteiger partial charge is 0.337 e. The maximum atomic E-state index is 14.7. The molecule has 1 saturated carbocycles. The SMILES string of the molecule is CCOC(=O)C(C)n1cnc2c1c(=O)n(C1CCCC1)c(=O)n2-c1ccc(F)cc1F. The molecule has 1 aromatic carbocycles. The van der Waals surface area contributed by atoms with Crippen LogP contribution in [0.5, 0.6) is 0 Å². The van der Waals surface area contributed by atoms with Crippen molar-refractivity contribution in [2.24, 2.45) is 0 Å². The van der Waals surface area contributed by atoms with E-state index >= 15 is 0 Å². The van der Waals surface area contributed by atoms with Crippen molar-refractivity contribution in [2.75, 3.05) is 6.61 Å². The minimum absolute atomic E-state index is 0.0178. The maximum Gasteiger partial charge on any atom is 0.337 e. The lowest BCUT2D eigenvalue weighted by Gasteiger charge is -2.18. The normalized spacial score (nSPS) is 15.5. The quantitative estimate of drug-likeness (QED) is 0.579. The fourth-order valence-electron chi connectivity index (χ4n) is 4.15. The van der Waals surface area contributed by atoms with E-state index in [0.29, 0.717) is 18.9 Å². The summed E-state index contributed by atoms with van der Waals surface area (Å²) in [6, 6.07) is 1.58. The fourth-order valence-corrected chi connectivity index (χ4v) is 4.15. The predicted molar refractivity (Wildman–Crippen MR) is 108 cm³/mol. The predicted octanol–water partition coefficient (Wildman–Crippen LogP) is 2.87. The summed E-state index contributed by atoms with van der Waals surface area (Å²) in [5.41, 5.74) is -1.69. The molecule has 8 nitrogen and oxygen atoms in total. The summed E-state index contributed by atoms with van der Waals surface area (Å²) in [6.45, 7) is 3.37. The Balaban J connectivity index is 2.06. The van der Waals surface area contributed by atoms with Crippen molar-refractivity contribution in [1.29, 1.82) is 0 Å². The Bertz CT molecular complexity index is 1270. The Kier molecular flexibility index (Phi) is 5.47. The molecule has 1 atom stereocenters. The third-order valence-electron chi connectivity index (χ3n) is 5.69. The second kappa shape index (κ2) is 8.09. The number of esters is 1. The third kappa shape index (κ3) is 3.45. The van der Waals surface area contributed by atoms with E-state index in [1.54, 1.807) is 13.8 Å². The zero-order valence-electron chi connectivity index (χ0n) is 17.2. The minimum Gasteiger partial charge on any atom is -0.464 e. The number of carbonyl (C=O) groups excluding carboxylic acids is 1. The molecule has 31 heavy (non-hydrogen) atoms. The summed E-state index contributed by atoms with van der Waals surface area (Å²) < 4.78 is 36.6. The molecule has 3 aromatic rings. The Morgan fingerprint density at radius 3 is 2.61 bits per heavy atom. The van der Waals surface area contributed by atoms with E-state index in [1.165, 1.54) is 10.9 Å². The van der Waals surface area contributed by atoms with Crippen molar-refractivity contribution >= 4 is 17.1 Å². The van der Waals surface area contributed by atoms with Crippen molar-refractivity contribution < 1.29 is 18.3 Å². The van der Waals surface area contributed by atoms with E-state index < -0.39 is 34.9 Å². The number of rotatable bonds is 5. The molecule has 164 valence electrons. The molecule has 0 amide bonds. The number of imidazole rings is 1. The molecule has 0 bridgehead atoms. The van der Waals surface area contributed by atoms with E-state index in [1.807, 2.05) is 0 Å². The lowest BCUT2D eigenvalue weighted by molar-refractivity contribution is -0.146. The highest BCUT2D eigenvalue weighted by atomic mass is 19.1. The highest BCUT2D eigenvalue weighted by molar-refractivity contribution is 5.79. The van der Waals surface area contributed by atoms with Gasteiger partial charge < -0.3 is 9.30 Å². The summed E-state index contributed by atoms with van der Waals surface area (Å²) in [7, 11) is 0. The van der Waals surface area contributed by atoms with E-state index in [4.69, 9.17) is 4.74 Å². The molecule has 0 radical (unpaired) electrons. The average Bonchev–Trinajstić information content (AvgIpc) is 3.39. The second-order valence-corrected chi connectivity index (χ2v) is 7.58. The van der Waals surface area contributed by atoms with Gasteiger partial charge in [0.1, 0.15) is 17.7 Å². The first kappa shape index (κ1) is 21.0. The van der Waals surface area contributed by atoms with Crippen LogP contribution in [-0.2, 0) is 9.53 Å². The van der Waals surface area contributed by atoms with Crippen molar-refractivity contribution in [2.45, 2.75) is 51.6 Å². The van der Waals surface area contributed by atoms with Crippen LogP contribution in [-0.4, -0.2) is 31.3 Å². The molecule has 0 N–H and O–H groups in total. The van der Waals surface area contributed by atoms with E-state index in [0.717, 1.165) is 34.1 Å². The molecule has 0 spiro atoms. The van der Waals surface area contributed by atoms with Crippen molar-refractivity contribution in [3.63, 3.8) is 0 Å². The van der Waals surface area contributed by atoms with Gasteiger partial charge in [0.15, 0.2) is 11.2 Å². The van der Waals surface area contributed by atoms with E-state index in [2.05, 4.69) is 4.98 Å². The zero-order chi connectivity index (χ0) is 22.3. The molecule has 1 unspecified atom stereocenters. The van der Waals surface area contributed by atoms with E-state index in [-0.39, 0.29) is 29.5 Å². The largest absolute Gasteiger partial charge is 0.464 e. The maximum absolute atomic E-state index is 14.7. The van der Waals surface area contributed by atoms with Gasteiger partial charge in [-0.3, -0.25) is 9.36 Å². The molecular weight excluding hydrogens is 410 g/mol. The van der Waals surface area contributed by atoms with Gasteiger partial charge in [0.2, 0.25) is 0 Å². The Labute approximate surface area is 175 Å². The van der Waals surface area contributed by atoms with Crippen molar-refractivity contribution in [3.05, 3.63) is 57.0 Å². The number of fused-ring (bicyclic) bond motifs is 1. The number of nitrogens with zero attached hydrogens (tertiary/aromatic N) is 4. The van der Waals surface area contributed by atoms with Gasteiger partial charge in [-0.05, 0) is 38.8 Å². The minimum atomic E-state index is -0.965. The average molecular weight is 432 g/mol. The number of hydrogen-bond acceptors (Lipinski definition) is 5. The van der Waals surface area contributed by atoms with E-state index in [9.17, 15) is 23.2 Å². The number of hydrogen-bond donors (Lipinski definition) is 0. The third-order valence-corrected chi connectivity index (χ3v) is 5.69. The molecule has 1 aliphatic rings. The zero-order valence-corrected chi connectivity index (χ0v) is 17.2. The monoisotopic (exact) mass is 432 g/mol. The van der Waals surface area contributed by atoms with Crippen LogP contribution in [0, 0.1) is 11.6 Å². The van der Waals surface area contributed by atoms with Crippen LogP contribution in [0.15, 0.2) is 34.1 Å². The summed E-state index contributed by atoms with van der Waals surface area (Å²) in [5, 5.41) is 0. The Morgan fingerprint density at radius 2 is 1.97 bits per heavy atom. The fraction of sp³-hybridized carbons (Fsp3) is 0.429. The summed E-state index contributed by atoms with van der Waals surface area (Å²) in [6.07, 6.45) is 4.24. The molecule has 2 heterocycles. The number of halogens is 2. The number of ether oxygens (including phenoxy) is 1. The first-order valence-electron chi connectivity index (χ1n) is 10.2. The highest BCUT2D eigenvalue weighted by Gasteiger charge is 2.29. The summed E-state index contributed by atoms with van der Waals surface area (Å²) in [5.74, 6) is -2.33. The standard InChI is InChI=1S/C21H22F2N4O4/c1-3-31-20(29)12(2)25-11-24-18-17(25)19(28)26(14-6-4-5-7-14)21(30)27(18)16-9-8-13(22)10-15(16)23/h8-12,14H,3-7H2,1-2H3. The molecule has 2 aromatic heterocycles. The Hall–Kier alpha value is -3.30. The molecule has 10 heteroatoms.